The van der Waals surface area contributed by atoms with Crippen molar-refractivity contribution in [2.75, 3.05) is 25.7 Å². The van der Waals surface area contributed by atoms with E-state index in [0.29, 0.717) is 28.9 Å². The van der Waals surface area contributed by atoms with Crippen LogP contribution >= 0.6 is 11.6 Å². The van der Waals surface area contributed by atoms with Crippen LogP contribution in [0.5, 0.6) is 0 Å². The van der Waals surface area contributed by atoms with Crippen LogP contribution < -0.4 is 16.1 Å². The van der Waals surface area contributed by atoms with Crippen molar-refractivity contribution >= 4 is 23.2 Å². The molecule has 0 aromatic heterocycles. The van der Waals surface area contributed by atoms with Gasteiger partial charge < -0.3 is 10.6 Å². The summed E-state index contributed by atoms with van der Waals surface area (Å²) in [5.41, 5.74) is 3.76. The van der Waals surface area contributed by atoms with Crippen molar-refractivity contribution in [3.05, 3.63) is 28.8 Å². The summed E-state index contributed by atoms with van der Waals surface area (Å²) in [4.78, 5) is 17.0. The first-order valence-electron chi connectivity index (χ1n) is 6.31. The smallest absolute Gasteiger partial charge is 0.253 e. The maximum Gasteiger partial charge on any atom is 0.253 e. The van der Waals surface area contributed by atoms with Crippen LogP contribution in [-0.4, -0.2) is 32.1 Å². The van der Waals surface area contributed by atoms with Crippen LogP contribution in [0.2, 0.25) is 5.02 Å². The summed E-state index contributed by atoms with van der Waals surface area (Å²) in [7, 11) is 1.50. The molecule has 1 heterocycles. The fourth-order valence-electron chi connectivity index (χ4n) is 2.15. The molecule has 1 atom stereocenters. The third-order valence-corrected chi connectivity index (χ3v) is 3.34. The minimum absolute atomic E-state index is 0.157. The molecule has 104 valence electrons. The van der Waals surface area contributed by atoms with E-state index in [1.807, 2.05) is 0 Å². The summed E-state index contributed by atoms with van der Waals surface area (Å²) in [6, 6.07) is 5.41. The lowest BCUT2D eigenvalue weighted by Crippen LogP contribution is -2.37. The molecule has 1 saturated heterocycles. The molecule has 0 aliphatic carbocycles. The average Bonchev–Trinajstić information content (AvgIpc) is 2.91. The molecular weight excluding hydrogens is 266 g/mol. The number of nitrogens with one attached hydrogen (secondary N) is 3. The van der Waals surface area contributed by atoms with E-state index in [1.165, 1.54) is 7.11 Å². The molecule has 1 aromatic carbocycles. The number of rotatable bonds is 5. The number of amides is 1. The number of carbonyl (C=O) groups is 1. The molecule has 0 radical (unpaired) electrons. The molecule has 1 aromatic rings. The van der Waals surface area contributed by atoms with Crippen LogP contribution in [0.15, 0.2) is 18.2 Å². The van der Waals surface area contributed by atoms with Crippen LogP contribution in [-0.2, 0) is 4.84 Å². The Morgan fingerprint density at radius 2 is 2.42 bits per heavy atom. The van der Waals surface area contributed by atoms with Crippen LogP contribution in [0, 0.1) is 0 Å². The van der Waals surface area contributed by atoms with Crippen LogP contribution in [0.3, 0.4) is 0 Å². The van der Waals surface area contributed by atoms with Gasteiger partial charge in [0.15, 0.2) is 0 Å². The highest BCUT2D eigenvalue weighted by Gasteiger charge is 2.17. The molecular formula is C13H18ClN3O2. The van der Waals surface area contributed by atoms with Gasteiger partial charge in [-0.05, 0) is 37.6 Å². The van der Waals surface area contributed by atoms with Crippen molar-refractivity contribution < 1.29 is 9.63 Å². The Bertz CT molecular complexity index is 448. The normalized spacial score (nSPS) is 18.3. The molecule has 0 spiro atoms. The zero-order valence-corrected chi connectivity index (χ0v) is 11.6. The van der Waals surface area contributed by atoms with Crippen molar-refractivity contribution in [3.63, 3.8) is 0 Å². The maximum absolute atomic E-state index is 12.2. The van der Waals surface area contributed by atoms with E-state index in [-0.39, 0.29) is 5.91 Å². The fourth-order valence-corrected chi connectivity index (χ4v) is 2.32. The highest BCUT2D eigenvalue weighted by atomic mass is 35.5. The Labute approximate surface area is 117 Å². The molecule has 1 aliphatic rings. The topological polar surface area (TPSA) is 62.4 Å². The Morgan fingerprint density at radius 1 is 1.58 bits per heavy atom. The second-order valence-corrected chi connectivity index (χ2v) is 4.94. The van der Waals surface area contributed by atoms with Crippen LogP contribution in [0.1, 0.15) is 23.2 Å². The van der Waals surface area contributed by atoms with E-state index in [2.05, 4.69) is 16.1 Å². The van der Waals surface area contributed by atoms with Gasteiger partial charge in [-0.15, -0.1) is 0 Å². The summed E-state index contributed by atoms with van der Waals surface area (Å²) in [5, 5.41) is 6.76. The third kappa shape index (κ3) is 3.83. The predicted molar refractivity (Wildman–Crippen MR) is 75.4 cm³/mol. The summed E-state index contributed by atoms with van der Waals surface area (Å²) < 4.78 is 0. The van der Waals surface area contributed by atoms with Gasteiger partial charge in [-0.2, -0.15) is 0 Å². The minimum atomic E-state index is -0.157. The first-order valence-corrected chi connectivity index (χ1v) is 6.68. The Morgan fingerprint density at radius 3 is 3.11 bits per heavy atom. The van der Waals surface area contributed by atoms with Gasteiger partial charge in [0, 0.05) is 17.6 Å². The Balaban J connectivity index is 2.02. The van der Waals surface area contributed by atoms with Gasteiger partial charge in [0.2, 0.25) is 0 Å². The summed E-state index contributed by atoms with van der Waals surface area (Å²) >= 11 is 5.93. The molecule has 19 heavy (non-hydrogen) atoms. The molecule has 1 amide bonds. The second-order valence-electron chi connectivity index (χ2n) is 4.50. The fraction of sp³-hybridized carbons (Fsp3) is 0.462. The van der Waals surface area contributed by atoms with Gasteiger partial charge in [0.25, 0.3) is 5.91 Å². The summed E-state index contributed by atoms with van der Waals surface area (Å²) in [5.74, 6) is -0.157. The van der Waals surface area contributed by atoms with E-state index in [0.717, 1.165) is 19.4 Å². The van der Waals surface area contributed by atoms with Gasteiger partial charge in [0.05, 0.1) is 18.4 Å². The SMILES string of the molecule is CONc1ccc(Cl)cc1C(=O)NCC1CCCN1. The van der Waals surface area contributed by atoms with Crippen LogP contribution in [0.25, 0.3) is 0 Å². The maximum atomic E-state index is 12.2. The third-order valence-electron chi connectivity index (χ3n) is 3.11. The minimum Gasteiger partial charge on any atom is -0.350 e. The lowest BCUT2D eigenvalue weighted by molar-refractivity contribution is 0.0950. The molecule has 0 saturated carbocycles. The lowest BCUT2D eigenvalue weighted by Gasteiger charge is -2.14. The molecule has 0 bridgehead atoms. The van der Waals surface area contributed by atoms with Crippen molar-refractivity contribution in [2.45, 2.75) is 18.9 Å². The predicted octanol–water partition coefficient (Wildman–Crippen LogP) is 1.80. The molecule has 1 fully saturated rings. The Hall–Kier alpha value is -1.30. The standard InChI is InChI=1S/C13H18ClN3O2/c1-19-17-12-5-4-9(14)7-11(12)13(18)16-8-10-3-2-6-15-10/h4-5,7,10,15,17H,2-3,6,8H2,1H3,(H,16,18). The first kappa shape index (κ1) is 14.1. The quantitative estimate of drug-likeness (QED) is 0.721. The van der Waals surface area contributed by atoms with E-state index in [1.54, 1.807) is 18.2 Å². The van der Waals surface area contributed by atoms with E-state index in [4.69, 9.17) is 16.4 Å². The van der Waals surface area contributed by atoms with Gasteiger partial charge in [-0.25, -0.2) is 0 Å². The number of benzene rings is 1. The molecule has 5 nitrogen and oxygen atoms in total. The number of hydrogen-bond acceptors (Lipinski definition) is 4. The van der Waals surface area contributed by atoms with Crippen molar-refractivity contribution in [2.24, 2.45) is 0 Å². The molecule has 3 N–H and O–H groups in total. The van der Waals surface area contributed by atoms with E-state index < -0.39 is 0 Å². The summed E-state index contributed by atoms with van der Waals surface area (Å²) in [6.07, 6.45) is 2.26. The molecule has 1 aliphatic heterocycles. The van der Waals surface area contributed by atoms with Crippen LogP contribution in [0.4, 0.5) is 5.69 Å². The highest BCUT2D eigenvalue weighted by Crippen LogP contribution is 2.20. The van der Waals surface area contributed by atoms with Gasteiger partial charge in [-0.1, -0.05) is 11.6 Å². The zero-order valence-electron chi connectivity index (χ0n) is 10.8. The van der Waals surface area contributed by atoms with Gasteiger partial charge >= 0.3 is 0 Å². The largest absolute Gasteiger partial charge is 0.350 e. The molecule has 2 rings (SSSR count). The first-order chi connectivity index (χ1) is 9.20. The number of hydrogen-bond donors (Lipinski definition) is 3. The Kier molecular flexibility index (Phi) is 5.01. The van der Waals surface area contributed by atoms with E-state index >= 15 is 0 Å². The monoisotopic (exact) mass is 283 g/mol. The summed E-state index contributed by atoms with van der Waals surface area (Å²) in [6.45, 7) is 1.64. The number of anilines is 1. The molecule has 6 heteroatoms. The zero-order chi connectivity index (χ0) is 13.7. The van der Waals surface area contributed by atoms with Crippen molar-refractivity contribution in [1.29, 1.82) is 0 Å². The van der Waals surface area contributed by atoms with Crippen molar-refractivity contribution in [3.8, 4) is 0 Å². The highest BCUT2D eigenvalue weighted by molar-refractivity contribution is 6.31. The number of halogens is 1. The average molecular weight is 284 g/mol. The van der Waals surface area contributed by atoms with Gasteiger partial charge in [0.1, 0.15) is 0 Å². The lowest BCUT2D eigenvalue weighted by atomic mass is 10.1. The second kappa shape index (κ2) is 6.75. The van der Waals surface area contributed by atoms with Crippen molar-refractivity contribution in [1.82, 2.24) is 10.6 Å². The molecule has 1 unspecified atom stereocenters. The number of carbonyl (C=O) groups excluding carboxylic acids is 1. The van der Waals surface area contributed by atoms with Gasteiger partial charge in [-0.3, -0.25) is 15.1 Å². The van der Waals surface area contributed by atoms with E-state index in [9.17, 15) is 4.79 Å².